The zero-order chi connectivity index (χ0) is 22.7. The van der Waals surface area contributed by atoms with Gasteiger partial charge < -0.3 is 10.0 Å². The van der Waals surface area contributed by atoms with Gasteiger partial charge in [-0.15, -0.1) is 11.8 Å². The van der Waals surface area contributed by atoms with Crippen LogP contribution in [0.4, 0.5) is 0 Å². The zero-order valence-corrected chi connectivity index (χ0v) is 19.9. The van der Waals surface area contributed by atoms with Crippen LogP contribution in [0.15, 0.2) is 70.6 Å². The van der Waals surface area contributed by atoms with Crippen LogP contribution in [0.5, 0.6) is 0 Å². The molecule has 0 aromatic heterocycles. The first-order valence-electron chi connectivity index (χ1n) is 10.2. The Hall–Kier alpha value is -2.55. The van der Waals surface area contributed by atoms with E-state index in [9.17, 15) is 14.7 Å². The van der Waals surface area contributed by atoms with Crippen molar-refractivity contribution in [2.75, 3.05) is 18.8 Å². The number of carboxylic acids is 1. The number of amides is 1. The second kappa shape index (κ2) is 9.94. The van der Waals surface area contributed by atoms with E-state index in [1.165, 1.54) is 11.8 Å². The fourth-order valence-electron chi connectivity index (χ4n) is 3.67. The Morgan fingerprint density at radius 2 is 1.81 bits per heavy atom. The summed E-state index contributed by atoms with van der Waals surface area (Å²) in [6.45, 7) is 4.25. The molecule has 8 heteroatoms. The van der Waals surface area contributed by atoms with Gasteiger partial charge in [-0.2, -0.15) is 0 Å². The van der Waals surface area contributed by atoms with Crippen molar-refractivity contribution in [3.8, 4) is 0 Å². The molecule has 2 aliphatic rings. The van der Waals surface area contributed by atoms with Crippen LogP contribution in [0.25, 0.3) is 5.57 Å². The Bertz CT molecular complexity index is 1130. The van der Waals surface area contributed by atoms with Crippen molar-refractivity contribution in [3.05, 3.63) is 87.3 Å². The molecule has 1 amide bonds. The molecule has 0 atom stereocenters. The van der Waals surface area contributed by atoms with E-state index >= 15 is 0 Å². The molecule has 0 spiro atoms. The van der Waals surface area contributed by atoms with Crippen molar-refractivity contribution in [1.82, 2.24) is 9.80 Å². The summed E-state index contributed by atoms with van der Waals surface area (Å²) in [5.41, 5.74) is 2.29. The minimum absolute atomic E-state index is 0.165. The highest BCUT2D eigenvalue weighted by molar-refractivity contribution is 8.26. The van der Waals surface area contributed by atoms with Gasteiger partial charge in [0.15, 0.2) is 0 Å². The van der Waals surface area contributed by atoms with E-state index in [-0.39, 0.29) is 11.5 Å². The van der Waals surface area contributed by atoms with Gasteiger partial charge in [0.25, 0.3) is 5.91 Å². The van der Waals surface area contributed by atoms with E-state index in [1.807, 2.05) is 36.4 Å². The van der Waals surface area contributed by atoms with Crippen LogP contribution in [-0.2, 0) is 11.3 Å². The number of allylic oxidation sites excluding steroid dienone is 2. The summed E-state index contributed by atoms with van der Waals surface area (Å²) >= 11 is 8.51. The van der Waals surface area contributed by atoms with Gasteiger partial charge in [-0.3, -0.25) is 9.69 Å². The monoisotopic (exact) mass is 482 g/mol. The van der Waals surface area contributed by atoms with E-state index < -0.39 is 5.97 Å². The van der Waals surface area contributed by atoms with E-state index in [2.05, 4.69) is 11.8 Å². The third-order valence-corrected chi connectivity index (χ3v) is 7.82. The molecule has 0 radical (unpaired) electrons. The Labute approximate surface area is 201 Å². The highest BCUT2D eigenvalue weighted by Crippen LogP contribution is 2.41. The smallest absolute Gasteiger partial charge is 0.336 e. The van der Waals surface area contributed by atoms with Crippen molar-refractivity contribution in [2.24, 2.45) is 0 Å². The van der Waals surface area contributed by atoms with Crippen LogP contribution in [0.3, 0.4) is 0 Å². The number of thioether (sulfide) groups is 2. The highest BCUT2D eigenvalue weighted by atomic mass is 32.2. The average Bonchev–Trinajstić information content (AvgIpc) is 3.37. The van der Waals surface area contributed by atoms with Crippen LogP contribution in [-0.4, -0.2) is 49.9 Å². The predicted molar refractivity (Wildman–Crippen MR) is 135 cm³/mol. The Morgan fingerprint density at radius 1 is 1.12 bits per heavy atom. The molecule has 0 bridgehead atoms. The molecular formula is C24H22N2O3S3. The molecule has 2 aromatic rings. The number of benzene rings is 2. The first kappa shape index (κ1) is 22.6. The lowest BCUT2D eigenvalue weighted by Gasteiger charge is -2.18. The van der Waals surface area contributed by atoms with Gasteiger partial charge in [-0.1, -0.05) is 72.5 Å². The maximum Gasteiger partial charge on any atom is 0.336 e. The largest absolute Gasteiger partial charge is 0.478 e. The zero-order valence-electron chi connectivity index (χ0n) is 17.5. The average molecular weight is 483 g/mol. The van der Waals surface area contributed by atoms with Crippen LogP contribution >= 0.6 is 35.7 Å². The van der Waals surface area contributed by atoms with Gasteiger partial charge in [-0.05, 0) is 30.2 Å². The topological polar surface area (TPSA) is 60.9 Å². The minimum Gasteiger partial charge on any atom is -0.478 e. The fraction of sp³-hybridized carbons (Fsp3) is 0.208. The molecular weight excluding hydrogens is 460 g/mol. The molecule has 0 saturated carbocycles. The van der Waals surface area contributed by atoms with Gasteiger partial charge in [0.2, 0.25) is 0 Å². The molecule has 2 heterocycles. The maximum absolute atomic E-state index is 13.5. The number of carbonyl (C=O) groups is 2. The molecule has 2 fully saturated rings. The van der Waals surface area contributed by atoms with Crippen molar-refractivity contribution >= 4 is 57.5 Å². The van der Waals surface area contributed by atoms with Gasteiger partial charge in [0.05, 0.1) is 22.0 Å². The molecule has 32 heavy (non-hydrogen) atoms. The van der Waals surface area contributed by atoms with Gasteiger partial charge >= 0.3 is 5.97 Å². The number of thiocarbonyl (C=S) groups is 1. The highest BCUT2D eigenvalue weighted by Gasteiger charge is 2.35. The summed E-state index contributed by atoms with van der Waals surface area (Å²) < 4.78 is 0.476. The third kappa shape index (κ3) is 4.62. The van der Waals surface area contributed by atoms with Gasteiger partial charge in [-0.25, -0.2) is 4.79 Å². The molecule has 4 rings (SSSR count). The maximum atomic E-state index is 13.5. The lowest BCUT2D eigenvalue weighted by atomic mass is 9.98. The second-order valence-corrected chi connectivity index (χ2v) is 10.0. The lowest BCUT2D eigenvalue weighted by molar-refractivity contribution is -0.122. The fourth-order valence-corrected chi connectivity index (χ4v) is 6.10. The standard InChI is InChI=1S/C24H22N2O3S3/c1-2-25-12-13-31-20(25)14-19(17-10-6-7-11-18(17)23(28)29)21-22(27)26(24(30)32-21)15-16-8-4-3-5-9-16/h3-11,14H,2,12-13,15H2,1H3,(H,28,29)/b20-14?,21-19-. The molecule has 164 valence electrons. The number of carboxylic acid groups (broad SMARTS) is 1. The van der Waals surface area contributed by atoms with E-state index in [4.69, 9.17) is 12.2 Å². The summed E-state index contributed by atoms with van der Waals surface area (Å²) in [5, 5.41) is 10.8. The third-order valence-electron chi connectivity index (χ3n) is 5.30. The summed E-state index contributed by atoms with van der Waals surface area (Å²) in [4.78, 5) is 29.8. The van der Waals surface area contributed by atoms with E-state index in [1.54, 1.807) is 40.9 Å². The Kier molecular flexibility index (Phi) is 7.03. The second-order valence-electron chi connectivity index (χ2n) is 7.25. The lowest BCUT2D eigenvalue weighted by Crippen LogP contribution is -2.27. The predicted octanol–water partition coefficient (Wildman–Crippen LogP) is 5.07. The van der Waals surface area contributed by atoms with E-state index in [0.29, 0.717) is 26.9 Å². The minimum atomic E-state index is -1.03. The van der Waals surface area contributed by atoms with Crippen molar-refractivity contribution < 1.29 is 14.7 Å². The van der Waals surface area contributed by atoms with Crippen LogP contribution in [0.1, 0.15) is 28.4 Å². The Balaban J connectivity index is 1.83. The molecule has 2 aromatic carbocycles. The van der Waals surface area contributed by atoms with Crippen molar-refractivity contribution in [2.45, 2.75) is 13.5 Å². The number of nitrogens with zero attached hydrogens (tertiary/aromatic N) is 2. The van der Waals surface area contributed by atoms with Gasteiger partial charge in [0.1, 0.15) is 4.32 Å². The number of carbonyl (C=O) groups excluding carboxylic acids is 1. The number of rotatable bonds is 6. The summed E-state index contributed by atoms with van der Waals surface area (Å²) in [6, 6.07) is 16.5. The van der Waals surface area contributed by atoms with Crippen LogP contribution in [0, 0.1) is 0 Å². The first-order chi connectivity index (χ1) is 15.5. The van der Waals surface area contributed by atoms with Crippen molar-refractivity contribution in [3.63, 3.8) is 0 Å². The normalized spacial score (nSPS) is 19.2. The Morgan fingerprint density at radius 3 is 2.50 bits per heavy atom. The molecule has 2 aliphatic heterocycles. The number of aromatic carboxylic acids is 1. The number of hydrogen-bond acceptors (Lipinski definition) is 6. The quantitative estimate of drug-likeness (QED) is 0.456. The molecule has 2 saturated heterocycles. The SMILES string of the molecule is CCN1CCSC1=C/C(=C1/SC(=S)N(Cc2ccccc2)C1=O)c1ccccc1C(=O)O. The van der Waals surface area contributed by atoms with Crippen molar-refractivity contribution in [1.29, 1.82) is 0 Å². The summed E-state index contributed by atoms with van der Waals surface area (Å²) in [7, 11) is 0. The van der Waals surface area contributed by atoms with Crippen LogP contribution < -0.4 is 0 Å². The molecule has 5 nitrogen and oxygen atoms in total. The molecule has 0 aliphatic carbocycles. The summed E-state index contributed by atoms with van der Waals surface area (Å²) in [5.74, 6) is -0.257. The first-order valence-corrected chi connectivity index (χ1v) is 12.4. The summed E-state index contributed by atoms with van der Waals surface area (Å²) in [6.07, 6.45) is 1.96. The molecule has 0 unspecified atom stereocenters. The molecule has 1 N–H and O–H groups in total. The number of hydrogen-bond donors (Lipinski definition) is 1. The van der Waals surface area contributed by atoms with E-state index in [0.717, 1.165) is 29.4 Å². The van der Waals surface area contributed by atoms with Gasteiger partial charge in [0, 0.05) is 24.4 Å². The van der Waals surface area contributed by atoms with Crippen LogP contribution in [0.2, 0.25) is 0 Å².